The molecule has 2 aromatic heterocycles. The maximum absolute atomic E-state index is 4.21. The van der Waals surface area contributed by atoms with E-state index in [0.29, 0.717) is 0 Å². The van der Waals surface area contributed by atoms with E-state index >= 15 is 0 Å². The number of aromatic nitrogens is 2. The molecule has 0 unspecified atom stereocenters. The van der Waals surface area contributed by atoms with Gasteiger partial charge in [0.25, 0.3) is 0 Å². The van der Waals surface area contributed by atoms with Crippen LogP contribution in [0.4, 0.5) is 0 Å². The van der Waals surface area contributed by atoms with Gasteiger partial charge in [0.2, 0.25) is 0 Å². The third-order valence-electron chi connectivity index (χ3n) is 3.30. The maximum Gasteiger partial charge on any atom is 0.0560 e. The van der Waals surface area contributed by atoms with E-state index in [9.17, 15) is 0 Å². The van der Waals surface area contributed by atoms with Gasteiger partial charge in [-0.2, -0.15) is 0 Å². The lowest BCUT2D eigenvalue weighted by Gasteiger charge is -1.97. The van der Waals surface area contributed by atoms with Gasteiger partial charge in [0.05, 0.1) is 5.52 Å². The Labute approximate surface area is 97.9 Å². The van der Waals surface area contributed by atoms with E-state index in [2.05, 4.69) is 46.4 Å². The molecule has 0 aliphatic rings. The van der Waals surface area contributed by atoms with Crippen LogP contribution in [0.1, 0.15) is 0 Å². The van der Waals surface area contributed by atoms with Gasteiger partial charge in [0.1, 0.15) is 0 Å². The van der Waals surface area contributed by atoms with Crippen molar-refractivity contribution in [2.24, 2.45) is 0 Å². The first kappa shape index (κ1) is 8.76. The molecule has 0 saturated heterocycles. The molecule has 0 aliphatic heterocycles. The van der Waals surface area contributed by atoms with Crippen LogP contribution in [0.25, 0.3) is 32.6 Å². The minimum Gasteiger partial charge on any atom is -0.354 e. The molecule has 4 aromatic rings. The zero-order valence-corrected chi connectivity index (χ0v) is 9.14. The monoisotopic (exact) mass is 218 g/mol. The quantitative estimate of drug-likeness (QED) is 0.477. The largest absolute Gasteiger partial charge is 0.354 e. The Hall–Kier alpha value is -2.35. The number of H-pyrrole nitrogens is 1. The predicted molar refractivity (Wildman–Crippen MR) is 71.1 cm³/mol. The van der Waals surface area contributed by atoms with Crippen LogP contribution in [0.3, 0.4) is 0 Å². The molecular weight excluding hydrogens is 208 g/mol. The van der Waals surface area contributed by atoms with Crippen molar-refractivity contribution in [3.63, 3.8) is 0 Å². The first-order chi connectivity index (χ1) is 8.43. The van der Waals surface area contributed by atoms with Gasteiger partial charge in [-0.25, -0.2) is 0 Å². The molecule has 2 heteroatoms. The molecule has 2 nitrogen and oxygen atoms in total. The van der Waals surface area contributed by atoms with E-state index < -0.39 is 0 Å². The summed E-state index contributed by atoms with van der Waals surface area (Å²) >= 11 is 0. The number of hydrogen-bond acceptors (Lipinski definition) is 1. The lowest BCUT2D eigenvalue weighted by Crippen LogP contribution is -1.76. The molecule has 0 saturated carbocycles. The van der Waals surface area contributed by atoms with Gasteiger partial charge in [-0.15, -0.1) is 0 Å². The summed E-state index contributed by atoms with van der Waals surface area (Å²) in [7, 11) is 0. The van der Waals surface area contributed by atoms with Crippen molar-refractivity contribution < 1.29 is 0 Å². The number of para-hydroxylation sites is 1. The van der Waals surface area contributed by atoms with Crippen molar-refractivity contribution in [1.29, 1.82) is 0 Å². The third-order valence-corrected chi connectivity index (χ3v) is 3.30. The van der Waals surface area contributed by atoms with Gasteiger partial charge in [0.15, 0.2) is 0 Å². The van der Waals surface area contributed by atoms with E-state index in [0.717, 1.165) is 0 Å². The molecule has 2 heterocycles. The Morgan fingerprint density at radius 3 is 2.76 bits per heavy atom. The summed E-state index contributed by atoms with van der Waals surface area (Å²) in [5.41, 5.74) is 2.36. The van der Waals surface area contributed by atoms with Crippen molar-refractivity contribution in [3.05, 3.63) is 54.9 Å². The summed E-state index contributed by atoms with van der Waals surface area (Å²) in [4.78, 5) is 7.69. The van der Waals surface area contributed by atoms with Gasteiger partial charge < -0.3 is 4.98 Å². The van der Waals surface area contributed by atoms with Crippen LogP contribution in [0.15, 0.2) is 54.9 Å². The van der Waals surface area contributed by atoms with Crippen LogP contribution in [0, 0.1) is 0 Å². The Kier molecular flexibility index (Phi) is 1.59. The Bertz CT molecular complexity index is 843. The number of fused-ring (bicyclic) bond motifs is 5. The Morgan fingerprint density at radius 1 is 0.824 bits per heavy atom. The number of pyridine rings is 1. The van der Waals surface area contributed by atoms with Gasteiger partial charge >= 0.3 is 0 Å². The Balaban J connectivity index is 2.34. The topological polar surface area (TPSA) is 28.7 Å². The van der Waals surface area contributed by atoms with Crippen LogP contribution in [0.5, 0.6) is 0 Å². The van der Waals surface area contributed by atoms with Gasteiger partial charge in [-0.05, 0) is 17.5 Å². The summed E-state index contributed by atoms with van der Waals surface area (Å²) in [5, 5.41) is 4.94. The van der Waals surface area contributed by atoms with Gasteiger partial charge in [-0.1, -0.05) is 30.3 Å². The van der Waals surface area contributed by atoms with Crippen LogP contribution in [-0.4, -0.2) is 9.97 Å². The van der Waals surface area contributed by atoms with Crippen LogP contribution < -0.4 is 0 Å². The maximum atomic E-state index is 4.21. The molecule has 0 spiro atoms. The third kappa shape index (κ3) is 1.12. The van der Waals surface area contributed by atoms with Crippen molar-refractivity contribution >= 4 is 32.6 Å². The summed E-state index contributed by atoms with van der Waals surface area (Å²) in [6, 6.07) is 14.8. The number of aromatic amines is 1. The lowest BCUT2D eigenvalue weighted by atomic mass is 10.1. The lowest BCUT2D eigenvalue weighted by molar-refractivity contribution is 1.37. The molecule has 80 valence electrons. The number of nitrogens with zero attached hydrogens (tertiary/aromatic N) is 1. The molecule has 4 rings (SSSR count). The van der Waals surface area contributed by atoms with Crippen LogP contribution in [0.2, 0.25) is 0 Å². The molecule has 0 atom stereocenters. The zero-order valence-electron chi connectivity index (χ0n) is 9.14. The molecule has 0 radical (unpaired) electrons. The number of rotatable bonds is 0. The standard InChI is InChI=1S/C15H10N2/c1-2-4-14-11(3-1)12-6-5-10-7-8-16-9-13(10)15(12)17-14/h1-9,17H. The fourth-order valence-electron chi connectivity index (χ4n) is 2.48. The van der Waals surface area contributed by atoms with Crippen molar-refractivity contribution in [2.45, 2.75) is 0 Å². The number of hydrogen-bond donors (Lipinski definition) is 1. The molecule has 0 amide bonds. The molecule has 0 fully saturated rings. The SMILES string of the molecule is c1ccc2c(c1)[nH]c1c3cnccc3ccc21. The van der Waals surface area contributed by atoms with Crippen LogP contribution >= 0.6 is 0 Å². The summed E-state index contributed by atoms with van der Waals surface area (Å²) in [6.07, 6.45) is 3.75. The molecule has 0 bridgehead atoms. The van der Waals surface area contributed by atoms with Crippen molar-refractivity contribution in [2.75, 3.05) is 0 Å². The first-order valence-corrected chi connectivity index (χ1v) is 5.67. The highest BCUT2D eigenvalue weighted by Gasteiger charge is 2.06. The van der Waals surface area contributed by atoms with Crippen molar-refractivity contribution in [3.8, 4) is 0 Å². The highest BCUT2D eigenvalue weighted by Crippen LogP contribution is 2.30. The Morgan fingerprint density at radius 2 is 1.76 bits per heavy atom. The van der Waals surface area contributed by atoms with E-state index in [4.69, 9.17) is 0 Å². The minimum absolute atomic E-state index is 1.18. The normalized spacial score (nSPS) is 11.5. The highest BCUT2D eigenvalue weighted by molar-refractivity contribution is 6.16. The van der Waals surface area contributed by atoms with Crippen molar-refractivity contribution in [1.82, 2.24) is 9.97 Å². The molecule has 1 N–H and O–H groups in total. The van der Waals surface area contributed by atoms with Gasteiger partial charge in [0, 0.05) is 34.1 Å². The van der Waals surface area contributed by atoms with E-state index in [-0.39, 0.29) is 0 Å². The second-order valence-electron chi connectivity index (χ2n) is 4.26. The number of benzene rings is 2. The smallest absolute Gasteiger partial charge is 0.0560 e. The highest BCUT2D eigenvalue weighted by atomic mass is 14.7. The molecule has 2 aromatic carbocycles. The second-order valence-corrected chi connectivity index (χ2v) is 4.26. The van der Waals surface area contributed by atoms with E-state index in [1.54, 1.807) is 0 Å². The summed E-state index contributed by atoms with van der Waals surface area (Å²) in [6.45, 7) is 0. The average molecular weight is 218 g/mol. The molecule has 17 heavy (non-hydrogen) atoms. The first-order valence-electron chi connectivity index (χ1n) is 5.67. The second kappa shape index (κ2) is 3.08. The summed E-state index contributed by atoms with van der Waals surface area (Å²) in [5.74, 6) is 0. The number of nitrogens with one attached hydrogen (secondary N) is 1. The average Bonchev–Trinajstić information content (AvgIpc) is 2.78. The van der Waals surface area contributed by atoms with Crippen LogP contribution in [-0.2, 0) is 0 Å². The fourth-order valence-corrected chi connectivity index (χ4v) is 2.48. The predicted octanol–water partition coefficient (Wildman–Crippen LogP) is 3.87. The summed E-state index contributed by atoms with van der Waals surface area (Å²) < 4.78 is 0. The molecule has 0 aliphatic carbocycles. The van der Waals surface area contributed by atoms with E-state index in [1.807, 2.05) is 18.5 Å². The molecular formula is C15H10N2. The van der Waals surface area contributed by atoms with Gasteiger partial charge in [-0.3, -0.25) is 4.98 Å². The zero-order chi connectivity index (χ0) is 11.2. The van der Waals surface area contributed by atoms with E-state index in [1.165, 1.54) is 32.6 Å². The fraction of sp³-hybridized carbons (Fsp3) is 0. The minimum atomic E-state index is 1.18.